The molecular formula is C12H15N3S2. The van der Waals surface area contributed by atoms with Crippen LogP contribution in [-0.4, -0.2) is 16.5 Å². The van der Waals surface area contributed by atoms with Gasteiger partial charge in [-0.2, -0.15) is 0 Å². The van der Waals surface area contributed by atoms with Crippen LogP contribution in [0, 0.1) is 6.92 Å². The standard InChI is InChI=1S/C12H15N3S2/c1-3-13-7-10-6-9(2)11(15-8-10)17-12-14-4-5-16-12/h4-6,8,13H,3,7H2,1-2H3. The van der Waals surface area contributed by atoms with Gasteiger partial charge in [-0.15, -0.1) is 11.3 Å². The zero-order valence-corrected chi connectivity index (χ0v) is 11.6. The molecule has 0 aliphatic rings. The Balaban J connectivity index is 2.09. The Bertz CT molecular complexity index is 469. The van der Waals surface area contributed by atoms with Crippen molar-refractivity contribution in [2.45, 2.75) is 29.8 Å². The molecule has 1 N–H and O–H groups in total. The topological polar surface area (TPSA) is 37.8 Å². The lowest BCUT2D eigenvalue weighted by atomic mass is 10.2. The van der Waals surface area contributed by atoms with Crippen LogP contribution in [0.25, 0.3) is 0 Å². The van der Waals surface area contributed by atoms with E-state index in [0.29, 0.717) is 0 Å². The first-order valence-electron chi connectivity index (χ1n) is 5.53. The van der Waals surface area contributed by atoms with Gasteiger partial charge in [0.1, 0.15) is 5.03 Å². The quantitative estimate of drug-likeness (QED) is 0.901. The van der Waals surface area contributed by atoms with Crippen LogP contribution in [-0.2, 0) is 6.54 Å². The summed E-state index contributed by atoms with van der Waals surface area (Å²) in [6.07, 6.45) is 3.76. The number of pyridine rings is 1. The molecule has 0 aromatic carbocycles. The molecule has 2 aromatic rings. The first-order valence-corrected chi connectivity index (χ1v) is 7.22. The van der Waals surface area contributed by atoms with Crippen molar-refractivity contribution < 1.29 is 0 Å². The van der Waals surface area contributed by atoms with Gasteiger partial charge < -0.3 is 5.32 Å². The molecule has 0 fully saturated rings. The third kappa shape index (κ3) is 3.52. The number of aryl methyl sites for hydroxylation is 1. The van der Waals surface area contributed by atoms with E-state index in [1.54, 1.807) is 23.1 Å². The van der Waals surface area contributed by atoms with E-state index in [1.807, 2.05) is 17.8 Å². The van der Waals surface area contributed by atoms with Gasteiger partial charge in [0.05, 0.1) is 0 Å². The van der Waals surface area contributed by atoms with Crippen molar-refractivity contribution in [3.8, 4) is 0 Å². The molecule has 3 nitrogen and oxygen atoms in total. The summed E-state index contributed by atoms with van der Waals surface area (Å²) in [5, 5.41) is 6.32. The fraction of sp³-hybridized carbons (Fsp3) is 0.333. The van der Waals surface area contributed by atoms with Crippen molar-refractivity contribution in [3.05, 3.63) is 35.0 Å². The van der Waals surface area contributed by atoms with Crippen LogP contribution in [0.5, 0.6) is 0 Å². The second-order valence-electron chi connectivity index (χ2n) is 3.65. The van der Waals surface area contributed by atoms with Gasteiger partial charge in [-0.3, -0.25) is 0 Å². The highest BCUT2D eigenvalue weighted by molar-refractivity contribution is 8.01. The summed E-state index contributed by atoms with van der Waals surface area (Å²) in [6, 6.07) is 2.19. The summed E-state index contributed by atoms with van der Waals surface area (Å²) >= 11 is 3.27. The van der Waals surface area contributed by atoms with Crippen LogP contribution in [0.2, 0.25) is 0 Å². The van der Waals surface area contributed by atoms with Crippen LogP contribution in [0.3, 0.4) is 0 Å². The number of hydrogen-bond donors (Lipinski definition) is 1. The average molecular weight is 265 g/mol. The molecule has 0 unspecified atom stereocenters. The van der Waals surface area contributed by atoms with Crippen LogP contribution in [0.1, 0.15) is 18.1 Å². The normalized spacial score (nSPS) is 10.7. The van der Waals surface area contributed by atoms with E-state index in [9.17, 15) is 0 Å². The van der Waals surface area contributed by atoms with Gasteiger partial charge in [0, 0.05) is 24.3 Å². The zero-order chi connectivity index (χ0) is 12.1. The molecule has 0 aliphatic carbocycles. The molecule has 0 aliphatic heterocycles. The third-order valence-electron chi connectivity index (χ3n) is 2.26. The molecule has 0 atom stereocenters. The summed E-state index contributed by atoms with van der Waals surface area (Å²) in [5.74, 6) is 0. The lowest BCUT2D eigenvalue weighted by molar-refractivity contribution is 0.721. The van der Waals surface area contributed by atoms with E-state index in [0.717, 1.165) is 22.5 Å². The maximum Gasteiger partial charge on any atom is 0.156 e. The second-order valence-corrected chi connectivity index (χ2v) is 5.78. The highest BCUT2D eigenvalue weighted by Gasteiger charge is 2.05. The number of rotatable bonds is 5. The van der Waals surface area contributed by atoms with Crippen LogP contribution in [0.4, 0.5) is 0 Å². The van der Waals surface area contributed by atoms with E-state index < -0.39 is 0 Å². The zero-order valence-electron chi connectivity index (χ0n) is 9.93. The molecule has 5 heteroatoms. The van der Waals surface area contributed by atoms with Crippen LogP contribution >= 0.6 is 23.1 Å². The maximum atomic E-state index is 4.50. The molecule has 2 aromatic heterocycles. The number of thiazole rings is 1. The van der Waals surface area contributed by atoms with Crippen molar-refractivity contribution in [2.24, 2.45) is 0 Å². The van der Waals surface area contributed by atoms with E-state index in [-0.39, 0.29) is 0 Å². The number of nitrogens with one attached hydrogen (secondary N) is 1. The van der Waals surface area contributed by atoms with Crippen LogP contribution < -0.4 is 5.32 Å². The van der Waals surface area contributed by atoms with Crippen molar-refractivity contribution in [1.82, 2.24) is 15.3 Å². The number of hydrogen-bond acceptors (Lipinski definition) is 5. The molecule has 0 spiro atoms. The van der Waals surface area contributed by atoms with E-state index >= 15 is 0 Å². The van der Waals surface area contributed by atoms with Gasteiger partial charge in [0.15, 0.2) is 4.34 Å². The summed E-state index contributed by atoms with van der Waals surface area (Å²) < 4.78 is 1.04. The fourth-order valence-electron chi connectivity index (χ4n) is 1.44. The van der Waals surface area contributed by atoms with Crippen LogP contribution in [0.15, 0.2) is 33.2 Å². The van der Waals surface area contributed by atoms with Crippen molar-refractivity contribution >= 4 is 23.1 Å². The molecule has 0 amide bonds. The van der Waals surface area contributed by atoms with Gasteiger partial charge >= 0.3 is 0 Å². The lowest BCUT2D eigenvalue weighted by Gasteiger charge is -2.06. The predicted octanol–water partition coefficient (Wildman–Crippen LogP) is 3.11. The van der Waals surface area contributed by atoms with E-state index in [1.165, 1.54) is 11.1 Å². The monoisotopic (exact) mass is 265 g/mol. The molecule has 0 radical (unpaired) electrons. The molecule has 0 saturated carbocycles. The summed E-state index contributed by atoms with van der Waals surface area (Å²) in [5.41, 5.74) is 2.44. The Kier molecular flexibility index (Phi) is 4.53. The van der Waals surface area contributed by atoms with Crippen molar-refractivity contribution in [3.63, 3.8) is 0 Å². The van der Waals surface area contributed by atoms with Gasteiger partial charge in [0.25, 0.3) is 0 Å². The lowest BCUT2D eigenvalue weighted by Crippen LogP contribution is -2.12. The van der Waals surface area contributed by atoms with Gasteiger partial charge in [0.2, 0.25) is 0 Å². The Hall–Kier alpha value is -0.910. The molecule has 0 bridgehead atoms. The van der Waals surface area contributed by atoms with E-state index in [2.05, 4.69) is 35.2 Å². The maximum absolute atomic E-state index is 4.50. The molecule has 90 valence electrons. The van der Waals surface area contributed by atoms with Crippen molar-refractivity contribution in [2.75, 3.05) is 6.54 Å². The number of nitrogens with zero attached hydrogens (tertiary/aromatic N) is 2. The van der Waals surface area contributed by atoms with E-state index in [4.69, 9.17) is 0 Å². The van der Waals surface area contributed by atoms with Crippen molar-refractivity contribution in [1.29, 1.82) is 0 Å². The average Bonchev–Trinajstić information content (AvgIpc) is 2.82. The Morgan fingerprint density at radius 3 is 2.94 bits per heavy atom. The van der Waals surface area contributed by atoms with Gasteiger partial charge in [-0.1, -0.05) is 13.0 Å². The van der Waals surface area contributed by atoms with Gasteiger partial charge in [-0.05, 0) is 36.4 Å². The SMILES string of the molecule is CCNCc1cnc(Sc2nccs2)c(C)c1. The smallest absolute Gasteiger partial charge is 0.156 e. The minimum absolute atomic E-state index is 0.881. The Labute approximate surface area is 110 Å². The first-order chi connectivity index (χ1) is 8.29. The minimum atomic E-state index is 0.881. The fourth-order valence-corrected chi connectivity index (χ4v) is 3.00. The first kappa shape index (κ1) is 12.5. The highest BCUT2D eigenvalue weighted by Crippen LogP contribution is 2.29. The minimum Gasteiger partial charge on any atom is -0.313 e. The summed E-state index contributed by atoms with van der Waals surface area (Å²) in [4.78, 5) is 8.75. The Morgan fingerprint density at radius 2 is 2.29 bits per heavy atom. The molecule has 0 saturated heterocycles. The Morgan fingerprint density at radius 1 is 1.41 bits per heavy atom. The summed E-state index contributed by atoms with van der Waals surface area (Å²) in [6.45, 7) is 6.06. The van der Waals surface area contributed by atoms with Gasteiger partial charge in [-0.25, -0.2) is 9.97 Å². The molecular weight excluding hydrogens is 250 g/mol. The second kappa shape index (κ2) is 6.14. The molecule has 2 rings (SSSR count). The molecule has 17 heavy (non-hydrogen) atoms. The molecule has 2 heterocycles. The largest absolute Gasteiger partial charge is 0.313 e. The number of aromatic nitrogens is 2. The predicted molar refractivity (Wildman–Crippen MR) is 72.6 cm³/mol. The summed E-state index contributed by atoms with van der Waals surface area (Å²) in [7, 11) is 0. The third-order valence-corrected chi connectivity index (χ3v) is 4.26. The highest BCUT2D eigenvalue weighted by atomic mass is 32.2.